The van der Waals surface area contributed by atoms with Gasteiger partial charge < -0.3 is 14.2 Å². The van der Waals surface area contributed by atoms with Crippen molar-refractivity contribution in [3.63, 3.8) is 0 Å². The second-order valence-corrected chi connectivity index (χ2v) is 6.44. The Morgan fingerprint density at radius 3 is 2.32 bits per heavy atom. The van der Waals surface area contributed by atoms with E-state index in [4.69, 9.17) is 49.0 Å². The Hall–Kier alpha value is -0.680. The van der Waals surface area contributed by atoms with Crippen molar-refractivity contribution in [2.75, 3.05) is 19.8 Å². The van der Waals surface area contributed by atoms with Crippen LogP contribution >= 0.6 is 34.8 Å². The number of carbonyl (C=O) groups excluding carboxylic acids is 1. The Morgan fingerprint density at radius 1 is 1.05 bits per heavy atom. The van der Waals surface area contributed by atoms with Gasteiger partial charge >= 0.3 is 5.97 Å². The Labute approximate surface area is 145 Å². The monoisotopic (exact) mass is 368 g/mol. The molecule has 0 spiro atoms. The Morgan fingerprint density at radius 2 is 1.68 bits per heavy atom. The van der Waals surface area contributed by atoms with Gasteiger partial charge in [-0.1, -0.05) is 48.7 Å². The lowest BCUT2D eigenvalue weighted by Gasteiger charge is -2.15. The lowest BCUT2D eigenvalue weighted by molar-refractivity contribution is -0.153. The van der Waals surface area contributed by atoms with E-state index in [0.29, 0.717) is 29.2 Å². The van der Waals surface area contributed by atoms with Crippen molar-refractivity contribution in [3.05, 3.63) is 27.2 Å². The maximum atomic E-state index is 11.7. The quantitative estimate of drug-likeness (QED) is 0.495. The number of halogens is 3. The maximum absolute atomic E-state index is 11.7. The molecule has 0 aliphatic heterocycles. The number of hydrogen-bond acceptors (Lipinski definition) is 4. The zero-order valence-electron chi connectivity index (χ0n) is 12.7. The van der Waals surface area contributed by atoms with Crippen LogP contribution in [0.1, 0.15) is 20.8 Å². The lowest BCUT2D eigenvalue weighted by Crippen LogP contribution is -2.25. The molecule has 0 aliphatic carbocycles. The minimum atomic E-state index is -0.511. The zero-order valence-corrected chi connectivity index (χ0v) is 15.0. The molecule has 1 aromatic rings. The largest absolute Gasteiger partial charge is 0.480 e. The van der Waals surface area contributed by atoms with Crippen LogP contribution in [-0.2, 0) is 14.3 Å². The number of esters is 1. The lowest BCUT2D eigenvalue weighted by atomic mass is 10.2. The molecule has 0 N–H and O–H groups in total. The van der Waals surface area contributed by atoms with Gasteiger partial charge in [-0.25, -0.2) is 4.79 Å². The molecule has 0 saturated heterocycles. The maximum Gasteiger partial charge on any atom is 0.344 e. The van der Waals surface area contributed by atoms with Crippen molar-refractivity contribution in [3.8, 4) is 5.75 Å². The van der Waals surface area contributed by atoms with E-state index >= 15 is 0 Å². The molecule has 4 nitrogen and oxygen atoms in total. The Kier molecular flexibility index (Phi) is 8.33. The van der Waals surface area contributed by atoms with Crippen molar-refractivity contribution in [2.45, 2.75) is 26.9 Å². The van der Waals surface area contributed by atoms with Crippen molar-refractivity contribution >= 4 is 40.8 Å². The molecule has 7 heteroatoms. The summed E-state index contributed by atoms with van der Waals surface area (Å²) in [6.07, 6.45) is -0.348. The van der Waals surface area contributed by atoms with Gasteiger partial charge in [0, 0.05) is 12.7 Å². The highest BCUT2D eigenvalue weighted by Gasteiger charge is 2.13. The van der Waals surface area contributed by atoms with Crippen molar-refractivity contribution in [1.82, 2.24) is 0 Å². The van der Waals surface area contributed by atoms with Gasteiger partial charge in [-0.3, -0.25) is 0 Å². The first kappa shape index (κ1) is 19.4. The molecule has 1 atom stereocenters. The van der Waals surface area contributed by atoms with E-state index in [9.17, 15) is 4.79 Å². The van der Waals surface area contributed by atoms with Gasteiger partial charge in [-0.05, 0) is 18.9 Å². The molecular weight excluding hydrogens is 351 g/mol. The molecular formula is C15H19Cl3O4. The van der Waals surface area contributed by atoms with E-state index in [-0.39, 0.29) is 23.5 Å². The van der Waals surface area contributed by atoms with Crippen LogP contribution in [0.4, 0.5) is 0 Å². The van der Waals surface area contributed by atoms with E-state index < -0.39 is 5.97 Å². The summed E-state index contributed by atoms with van der Waals surface area (Å²) >= 11 is 17.6. The highest BCUT2D eigenvalue weighted by atomic mass is 35.5. The van der Waals surface area contributed by atoms with Crippen molar-refractivity contribution < 1.29 is 19.0 Å². The summed E-state index contributed by atoms with van der Waals surface area (Å²) < 4.78 is 15.8. The summed E-state index contributed by atoms with van der Waals surface area (Å²) in [5, 5.41) is 0.887. The van der Waals surface area contributed by atoms with Crippen molar-refractivity contribution in [2.24, 2.45) is 5.92 Å². The number of hydrogen-bond donors (Lipinski definition) is 0. The molecule has 1 aromatic carbocycles. The van der Waals surface area contributed by atoms with Crippen LogP contribution in [0.15, 0.2) is 12.1 Å². The minimum Gasteiger partial charge on any atom is -0.480 e. The molecule has 0 bridgehead atoms. The average Bonchev–Trinajstić information content (AvgIpc) is 2.41. The fourth-order valence-electron chi connectivity index (χ4n) is 1.51. The predicted octanol–water partition coefficient (Wildman–Crippen LogP) is 4.63. The third-order valence-corrected chi connectivity index (χ3v) is 3.47. The molecule has 1 rings (SSSR count). The first-order valence-electron chi connectivity index (χ1n) is 6.84. The second kappa shape index (κ2) is 9.46. The molecule has 0 saturated carbocycles. The molecule has 1 unspecified atom stereocenters. The van der Waals surface area contributed by atoms with Gasteiger partial charge in [0.05, 0.1) is 21.7 Å². The molecule has 0 fully saturated rings. The fourth-order valence-corrected chi connectivity index (χ4v) is 2.11. The summed E-state index contributed by atoms with van der Waals surface area (Å²) in [5.74, 6) is 0.197. The molecule has 0 aromatic heterocycles. The van der Waals surface area contributed by atoms with Gasteiger partial charge in [0.2, 0.25) is 0 Å². The molecule has 0 aliphatic rings. The standard InChI is InChI=1S/C15H19Cl3O4/c1-9(2)6-20-7-10(3)22-15(19)8-21-14-5-12(17)11(16)4-13(14)18/h4-5,9-10H,6-8H2,1-3H3. The second-order valence-electron chi connectivity index (χ2n) is 5.22. The third-order valence-electron chi connectivity index (χ3n) is 2.46. The number of carbonyl (C=O) groups is 1. The van der Waals surface area contributed by atoms with Gasteiger partial charge in [0.15, 0.2) is 6.61 Å². The molecule has 124 valence electrons. The van der Waals surface area contributed by atoms with Crippen LogP contribution in [0.3, 0.4) is 0 Å². The van der Waals surface area contributed by atoms with E-state index in [1.165, 1.54) is 12.1 Å². The Bertz CT molecular complexity index is 506. The number of ether oxygens (including phenoxy) is 3. The van der Waals surface area contributed by atoms with E-state index in [1.54, 1.807) is 6.92 Å². The highest BCUT2D eigenvalue weighted by molar-refractivity contribution is 6.43. The molecule has 0 heterocycles. The van der Waals surface area contributed by atoms with E-state index in [0.717, 1.165) is 0 Å². The third kappa shape index (κ3) is 7.05. The summed E-state index contributed by atoms with van der Waals surface area (Å²) in [4.78, 5) is 11.7. The van der Waals surface area contributed by atoms with Crippen LogP contribution in [0.5, 0.6) is 5.75 Å². The van der Waals surface area contributed by atoms with Gasteiger partial charge in [0.25, 0.3) is 0 Å². The first-order chi connectivity index (χ1) is 10.3. The fraction of sp³-hybridized carbons (Fsp3) is 0.533. The average molecular weight is 370 g/mol. The first-order valence-corrected chi connectivity index (χ1v) is 7.97. The van der Waals surface area contributed by atoms with Crippen LogP contribution in [0.25, 0.3) is 0 Å². The molecule has 0 radical (unpaired) electrons. The van der Waals surface area contributed by atoms with Crippen molar-refractivity contribution in [1.29, 1.82) is 0 Å². The summed E-state index contributed by atoms with van der Waals surface area (Å²) in [7, 11) is 0. The molecule has 0 amide bonds. The van der Waals surface area contributed by atoms with Gasteiger partial charge in [-0.15, -0.1) is 0 Å². The minimum absolute atomic E-state index is 0.272. The van der Waals surface area contributed by atoms with E-state index in [2.05, 4.69) is 0 Å². The summed E-state index contributed by atoms with van der Waals surface area (Å²) in [5.41, 5.74) is 0. The normalized spacial score (nSPS) is 12.3. The SMILES string of the molecule is CC(C)COCC(C)OC(=O)COc1cc(Cl)c(Cl)cc1Cl. The molecule has 22 heavy (non-hydrogen) atoms. The summed E-state index contributed by atoms with van der Waals surface area (Å²) in [6, 6.07) is 2.91. The van der Waals surface area contributed by atoms with Crippen LogP contribution in [0.2, 0.25) is 15.1 Å². The predicted molar refractivity (Wildman–Crippen MR) is 88.2 cm³/mol. The van der Waals surface area contributed by atoms with E-state index in [1.807, 2.05) is 13.8 Å². The summed E-state index contributed by atoms with van der Waals surface area (Å²) in [6.45, 7) is 6.54. The van der Waals surface area contributed by atoms with Gasteiger partial charge in [-0.2, -0.15) is 0 Å². The number of benzene rings is 1. The van der Waals surface area contributed by atoms with Crippen LogP contribution in [-0.4, -0.2) is 31.9 Å². The zero-order chi connectivity index (χ0) is 16.7. The topological polar surface area (TPSA) is 44.8 Å². The Balaban J connectivity index is 2.38. The van der Waals surface area contributed by atoms with Gasteiger partial charge in [0.1, 0.15) is 11.9 Å². The van der Waals surface area contributed by atoms with Crippen LogP contribution < -0.4 is 4.74 Å². The highest BCUT2D eigenvalue weighted by Crippen LogP contribution is 2.33. The smallest absolute Gasteiger partial charge is 0.344 e. The number of rotatable bonds is 8. The van der Waals surface area contributed by atoms with Crippen LogP contribution in [0, 0.1) is 5.92 Å².